The number of ether oxygens (including phenoxy) is 1. The first-order valence-corrected chi connectivity index (χ1v) is 9.68. The van der Waals surface area contributed by atoms with Crippen molar-refractivity contribution in [3.05, 3.63) is 41.5 Å². The van der Waals surface area contributed by atoms with Crippen molar-refractivity contribution in [2.75, 3.05) is 6.61 Å². The van der Waals surface area contributed by atoms with E-state index in [0.717, 1.165) is 17.7 Å². The quantitative estimate of drug-likeness (QED) is 0.446. The summed E-state index contributed by atoms with van der Waals surface area (Å²) in [6.07, 6.45) is 11.8. The summed E-state index contributed by atoms with van der Waals surface area (Å²) < 4.78 is 5.98. The zero-order valence-electron chi connectivity index (χ0n) is 15.6. The molecular formula is C23H29NaO3. The van der Waals surface area contributed by atoms with Crippen LogP contribution in [0.2, 0.25) is 0 Å². The summed E-state index contributed by atoms with van der Waals surface area (Å²) in [6, 6.07) is 7.71. The van der Waals surface area contributed by atoms with Crippen LogP contribution in [0.4, 0.5) is 0 Å². The molecule has 140 valence electrons. The van der Waals surface area contributed by atoms with Crippen molar-refractivity contribution in [3.8, 4) is 17.6 Å². The number of rotatable bonds is 6. The van der Waals surface area contributed by atoms with Crippen LogP contribution in [0.1, 0.15) is 69.8 Å². The fraction of sp³-hybridized carbons (Fsp3) is 0.522. The van der Waals surface area contributed by atoms with Gasteiger partial charge in [0.05, 0.1) is 12.3 Å². The molecule has 1 aromatic carbocycles. The molecule has 3 nitrogen and oxygen atoms in total. The van der Waals surface area contributed by atoms with E-state index in [0.29, 0.717) is 12.0 Å². The first kappa shape index (κ1) is 22.1. The van der Waals surface area contributed by atoms with Crippen LogP contribution in [0.5, 0.6) is 5.75 Å². The minimum atomic E-state index is -0.831. The van der Waals surface area contributed by atoms with Gasteiger partial charge in [-0.3, -0.25) is 4.79 Å². The van der Waals surface area contributed by atoms with Gasteiger partial charge in [-0.05, 0) is 61.3 Å². The Morgan fingerprint density at radius 2 is 1.89 bits per heavy atom. The zero-order valence-corrected chi connectivity index (χ0v) is 15.6. The molecule has 27 heavy (non-hydrogen) atoms. The van der Waals surface area contributed by atoms with Gasteiger partial charge < -0.3 is 9.84 Å². The molecule has 1 saturated carbocycles. The molecule has 4 heteroatoms. The molecule has 0 aromatic heterocycles. The number of carbonyl (C=O) groups is 1. The molecule has 1 spiro atoms. The van der Waals surface area contributed by atoms with Gasteiger partial charge in [0.15, 0.2) is 0 Å². The Balaban J connectivity index is 0.00000261. The van der Waals surface area contributed by atoms with Gasteiger partial charge >= 0.3 is 35.5 Å². The molecule has 0 heterocycles. The number of carboxylic acids is 1. The second-order valence-corrected chi connectivity index (χ2v) is 7.63. The monoisotopic (exact) mass is 376 g/mol. The molecule has 0 amide bonds. The summed E-state index contributed by atoms with van der Waals surface area (Å²) in [6.45, 7) is 2.40. The molecule has 2 aliphatic rings. The average Bonchev–Trinajstić information content (AvgIpc) is 3.03. The number of allylic oxidation sites excluding steroid dienone is 1. The SMILES string of the molecule is CC#CC(CC(=O)O)c1ccc(OCC2=CC3(CCCCC3)CC2)cc1.[NaH]. The molecule has 0 aliphatic heterocycles. The Morgan fingerprint density at radius 1 is 1.19 bits per heavy atom. The molecule has 0 saturated heterocycles. The Hall–Kier alpha value is -1.21. The van der Waals surface area contributed by atoms with E-state index in [1.54, 1.807) is 6.92 Å². The van der Waals surface area contributed by atoms with Crippen LogP contribution in [-0.2, 0) is 4.79 Å². The van der Waals surface area contributed by atoms with Gasteiger partial charge in [0.25, 0.3) is 0 Å². The topological polar surface area (TPSA) is 46.5 Å². The summed E-state index contributed by atoms with van der Waals surface area (Å²) in [5.74, 6) is 5.54. The molecule has 0 radical (unpaired) electrons. The predicted molar refractivity (Wildman–Crippen MR) is 110 cm³/mol. The molecule has 2 aliphatic carbocycles. The number of hydrogen-bond acceptors (Lipinski definition) is 2. The fourth-order valence-electron chi connectivity index (χ4n) is 4.32. The van der Waals surface area contributed by atoms with Crippen molar-refractivity contribution in [2.45, 2.75) is 64.2 Å². The molecule has 3 rings (SSSR count). The molecule has 1 N–H and O–H groups in total. The summed E-state index contributed by atoms with van der Waals surface area (Å²) in [5.41, 5.74) is 2.82. The molecular weight excluding hydrogens is 347 g/mol. The normalized spacial score (nSPS) is 18.6. The van der Waals surface area contributed by atoms with E-state index in [4.69, 9.17) is 9.84 Å². The summed E-state index contributed by atoms with van der Waals surface area (Å²) in [5, 5.41) is 9.04. The van der Waals surface area contributed by atoms with Crippen molar-refractivity contribution < 1.29 is 14.6 Å². The number of carboxylic acid groups (broad SMARTS) is 1. The standard InChI is InChI=1S/C23H28O3.Na.H/c1-2-6-20(15-22(24)25)19-7-9-21(10-8-19)26-17-18-11-14-23(16-18)12-4-3-5-13-23;;/h7-10,16,20H,3-5,11-15,17H2,1H3,(H,24,25);;. The first-order chi connectivity index (χ1) is 12.6. The first-order valence-electron chi connectivity index (χ1n) is 9.68. The third-order valence-electron chi connectivity index (χ3n) is 5.71. The van der Waals surface area contributed by atoms with E-state index in [9.17, 15) is 4.79 Å². The number of benzene rings is 1. The van der Waals surface area contributed by atoms with Crippen LogP contribution in [0.15, 0.2) is 35.9 Å². The van der Waals surface area contributed by atoms with Crippen LogP contribution in [0.3, 0.4) is 0 Å². The van der Waals surface area contributed by atoms with Gasteiger partial charge in [0.1, 0.15) is 12.4 Å². The van der Waals surface area contributed by atoms with Gasteiger partial charge in [0.2, 0.25) is 0 Å². The minimum absolute atomic E-state index is 0. The third-order valence-corrected chi connectivity index (χ3v) is 5.71. The molecule has 1 aromatic rings. The number of hydrogen-bond donors (Lipinski definition) is 1. The average molecular weight is 376 g/mol. The van der Waals surface area contributed by atoms with E-state index in [-0.39, 0.29) is 41.9 Å². The van der Waals surface area contributed by atoms with Crippen LogP contribution < -0.4 is 4.74 Å². The van der Waals surface area contributed by atoms with Crippen LogP contribution >= 0.6 is 0 Å². The Bertz CT molecular complexity index is 718. The zero-order chi connectivity index (χ0) is 18.4. The van der Waals surface area contributed by atoms with Crippen LogP contribution in [0, 0.1) is 17.3 Å². The molecule has 0 bridgehead atoms. The molecule has 1 unspecified atom stereocenters. The van der Waals surface area contributed by atoms with Crippen molar-refractivity contribution in [2.24, 2.45) is 5.41 Å². The fourth-order valence-corrected chi connectivity index (χ4v) is 4.32. The van der Waals surface area contributed by atoms with E-state index in [1.807, 2.05) is 24.3 Å². The van der Waals surface area contributed by atoms with Crippen LogP contribution in [-0.4, -0.2) is 47.2 Å². The van der Waals surface area contributed by atoms with Gasteiger partial charge in [-0.15, -0.1) is 5.92 Å². The Kier molecular flexibility index (Phi) is 8.48. The predicted octanol–water partition coefficient (Wildman–Crippen LogP) is 4.67. The summed E-state index contributed by atoms with van der Waals surface area (Å²) >= 11 is 0. The van der Waals surface area contributed by atoms with Crippen molar-refractivity contribution >= 4 is 35.5 Å². The van der Waals surface area contributed by atoms with Gasteiger partial charge in [-0.1, -0.05) is 43.4 Å². The maximum atomic E-state index is 11.0. The summed E-state index contributed by atoms with van der Waals surface area (Å²) in [4.78, 5) is 11.0. The van der Waals surface area contributed by atoms with Crippen molar-refractivity contribution in [1.29, 1.82) is 0 Å². The van der Waals surface area contributed by atoms with E-state index in [1.165, 1.54) is 44.1 Å². The van der Waals surface area contributed by atoms with Gasteiger partial charge in [0, 0.05) is 0 Å². The van der Waals surface area contributed by atoms with Crippen molar-refractivity contribution in [3.63, 3.8) is 0 Å². The summed E-state index contributed by atoms with van der Waals surface area (Å²) in [7, 11) is 0. The van der Waals surface area contributed by atoms with E-state index in [2.05, 4.69) is 17.9 Å². The molecule has 1 atom stereocenters. The van der Waals surface area contributed by atoms with Crippen molar-refractivity contribution in [1.82, 2.24) is 0 Å². The number of aliphatic carboxylic acids is 1. The second kappa shape index (κ2) is 10.4. The Morgan fingerprint density at radius 3 is 2.52 bits per heavy atom. The van der Waals surface area contributed by atoms with Gasteiger partial charge in [-0.25, -0.2) is 0 Å². The van der Waals surface area contributed by atoms with Gasteiger partial charge in [-0.2, -0.15) is 0 Å². The molecule has 1 fully saturated rings. The van der Waals surface area contributed by atoms with Crippen LogP contribution in [0.25, 0.3) is 0 Å². The van der Waals surface area contributed by atoms with E-state index < -0.39 is 5.97 Å². The Labute approximate surface area is 184 Å². The third kappa shape index (κ3) is 6.14. The second-order valence-electron chi connectivity index (χ2n) is 7.63. The van der Waals surface area contributed by atoms with E-state index >= 15 is 0 Å². The maximum absolute atomic E-state index is 11.0.